The van der Waals surface area contributed by atoms with Crippen molar-refractivity contribution in [2.75, 3.05) is 13.7 Å². The van der Waals surface area contributed by atoms with Crippen molar-refractivity contribution in [3.8, 4) is 5.75 Å². The van der Waals surface area contributed by atoms with Gasteiger partial charge in [0.25, 0.3) is 5.91 Å². The van der Waals surface area contributed by atoms with Crippen LogP contribution in [-0.4, -0.2) is 44.0 Å². The van der Waals surface area contributed by atoms with Gasteiger partial charge in [-0.1, -0.05) is 20.3 Å². The highest BCUT2D eigenvalue weighted by Gasteiger charge is 2.31. The molecule has 7 nitrogen and oxygen atoms in total. The number of alkyl halides is 3. The number of hydrogen-bond donors (Lipinski definition) is 1. The van der Waals surface area contributed by atoms with Crippen molar-refractivity contribution >= 4 is 17.8 Å². The standard InChI is InChI=1S/C17H20F3NO6/c1-4-10(2)14(16(24)25-3)21-13(22)9-26-15(23)11-5-7-12(8-6-11)27-17(18,19)20/h5-8,10,14H,4,9H2,1-3H3,(H,21,22)/t10-,14+/m0/s1. The fraction of sp³-hybridized carbons (Fsp3) is 0.471. The fourth-order valence-electron chi connectivity index (χ4n) is 2.02. The number of benzene rings is 1. The van der Waals surface area contributed by atoms with Crippen LogP contribution in [0.1, 0.15) is 30.6 Å². The first-order valence-electron chi connectivity index (χ1n) is 7.97. The predicted molar refractivity (Wildman–Crippen MR) is 86.8 cm³/mol. The van der Waals surface area contributed by atoms with Crippen LogP contribution in [0.5, 0.6) is 5.75 Å². The second-order valence-corrected chi connectivity index (χ2v) is 5.60. The number of carbonyl (C=O) groups is 3. The lowest BCUT2D eigenvalue weighted by Crippen LogP contribution is -2.47. The van der Waals surface area contributed by atoms with Crippen LogP contribution >= 0.6 is 0 Å². The van der Waals surface area contributed by atoms with Gasteiger partial charge in [-0.2, -0.15) is 0 Å². The summed E-state index contributed by atoms with van der Waals surface area (Å²) in [4.78, 5) is 35.5. The zero-order valence-corrected chi connectivity index (χ0v) is 15.0. The van der Waals surface area contributed by atoms with Crippen LogP contribution in [0.3, 0.4) is 0 Å². The molecule has 0 radical (unpaired) electrons. The largest absolute Gasteiger partial charge is 0.573 e. The zero-order chi connectivity index (χ0) is 20.6. The number of esters is 2. The summed E-state index contributed by atoms with van der Waals surface area (Å²) in [7, 11) is 1.19. The van der Waals surface area contributed by atoms with Crippen LogP contribution in [0.25, 0.3) is 0 Å². The Kier molecular flexibility index (Phi) is 8.07. The highest BCUT2D eigenvalue weighted by molar-refractivity contribution is 5.92. The molecule has 0 aliphatic rings. The smallest absolute Gasteiger partial charge is 0.467 e. The molecule has 0 heterocycles. The highest BCUT2D eigenvalue weighted by Crippen LogP contribution is 2.22. The molecule has 0 bridgehead atoms. The molecule has 2 atom stereocenters. The van der Waals surface area contributed by atoms with Crippen molar-refractivity contribution in [3.63, 3.8) is 0 Å². The molecule has 1 aromatic rings. The topological polar surface area (TPSA) is 90.9 Å². The van der Waals surface area contributed by atoms with Gasteiger partial charge in [0.05, 0.1) is 12.7 Å². The van der Waals surface area contributed by atoms with Gasteiger partial charge in [0, 0.05) is 0 Å². The van der Waals surface area contributed by atoms with E-state index in [1.54, 1.807) is 6.92 Å². The summed E-state index contributed by atoms with van der Waals surface area (Å²) in [5.41, 5.74) is -0.0660. The third-order valence-corrected chi connectivity index (χ3v) is 3.64. The summed E-state index contributed by atoms with van der Waals surface area (Å²) in [6.07, 6.45) is -4.24. The Bertz CT molecular complexity index is 660. The monoisotopic (exact) mass is 391 g/mol. The Labute approximate surface area is 153 Å². The lowest BCUT2D eigenvalue weighted by atomic mass is 9.99. The van der Waals surface area contributed by atoms with Gasteiger partial charge < -0.3 is 19.5 Å². The van der Waals surface area contributed by atoms with Crippen LogP contribution in [0.4, 0.5) is 13.2 Å². The molecule has 1 N–H and O–H groups in total. The minimum absolute atomic E-state index is 0.0660. The van der Waals surface area contributed by atoms with E-state index in [1.807, 2.05) is 6.92 Å². The first-order chi connectivity index (χ1) is 12.6. The summed E-state index contributed by atoms with van der Waals surface area (Å²) in [6.45, 7) is 2.92. The third kappa shape index (κ3) is 7.55. The minimum atomic E-state index is -4.84. The van der Waals surface area contributed by atoms with Gasteiger partial charge in [0.15, 0.2) is 6.61 Å². The number of ether oxygens (including phenoxy) is 3. The molecular weight excluding hydrogens is 371 g/mol. The maximum atomic E-state index is 12.1. The number of methoxy groups -OCH3 is 1. The van der Waals surface area contributed by atoms with Crippen LogP contribution in [0.2, 0.25) is 0 Å². The molecule has 0 aromatic heterocycles. The van der Waals surface area contributed by atoms with Crippen molar-refractivity contribution in [2.24, 2.45) is 5.92 Å². The van der Waals surface area contributed by atoms with E-state index in [1.165, 1.54) is 7.11 Å². The van der Waals surface area contributed by atoms with Crippen molar-refractivity contribution in [1.82, 2.24) is 5.32 Å². The number of halogens is 3. The van der Waals surface area contributed by atoms with E-state index in [-0.39, 0.29) is 11.5 Å². The van der Waals surface area contributed by atoms with Gasteiger partial charge in [-0.05, 0) is 30.2 Å². The molecule has 1 aromatic carbocycles. The second kappa shape index (κ2) is 9.79. The average Bonchev–Trinajstić information content (AvgIpc) is 2.62. The van der Waals surface area contributed by atoms with E-state index in [0.29, 0.717) is 6.42 Å². The number of rotatable bonds is 8. The predicted octanol–water partition coefficient (Wildman–Crippen LogP) is 2.45. The molecule has 0 saturated heterocycles. The van der Waals surface area contributed by atoms with Crippen molar-refractivity contribution in [1.29, 1.82) is 0 Å². The van der Waals surface area contributed by atoms with E-state index in [0.717, 1.165) is 24.3 Å². The van der Waals surface area contributed by atoms with Crippen LogP contribution in [-0.2, 0) is 19.1 Å². The molecule has 1 amide bonds. The summed E-state index contributed by atoms with van der Waals surface area (Å²) in [5, 5.41) is 2.42. The van der Waals surface area contributed by atoms with E-state index >= 15 is 0 Å². The minimum Gasteiger partial charge on any atom is -0.467 e. The number of hydrogen-bond acceptors (Lipinski definition) is 6. The van der Waals surface area contributed by atoms with Crippen molar-refractivity contribution in [2.45, 2.75) is 32.7 Å². The van der Waals surface area contributed by atoms with E-state index in [9.17, 15) is 27.6 Å². The van der Waals surface area contributed by atoms with Crippen LogP contribution < -0.4 is 10.1 Å². The Balaban J connectivity index is 2.60. The Morgan fingerprint density at radius 3 is 2.22 bits per heavy atom. The van der Waals surface area contributed by atoms with Gasteiger partial charge in [-0.25, -0.2) is 9.59 Å². The van der Waals surface area contributed by atoms with E-state index < -0.39 is 42.6 Å². The highest BCUT2D eigenvalue weighted by atomic mass is 19.4. The third-order valence-electron chi connectivity index (χ3n) is 3.64. The van der Waals surface area contributed by atoms with Gasteiger partial charge >= 0.3 is 18.3 Å². The fourth-order valence-corrected chi connectivity index (χ4v) is 2.02. The maximum Gasteiger partial charge on any atom is 0.573 e. The Morgan fingerprint density at radius 1 is 1.15 bits per heavy atom. The Morgan fingerprint density at radius 2 is 1.74 bits per heavy atom. The maximum absolute atomic E-state index is 12.1. The molecule has 0 saturated carbocycles. The molecule has 0 aliphatic carbocycles. The van der Waals surface area contributed by atoms with Gasteiger partial charge in [0.2, 0.25) is 0 Å². The number of carbonyl (C=O) groups excluding carboxylic acids is 3. The summed E-state index contributed by atoms with van der Waals surface area (Å²) in [6, 6.07) is 3.14. The van der Waals surface area contributed by atoms with Crippen LogP contribution in [0, 0.1) is 5.92 Å². The van der Waals surface area contributed by atoms with Crippen molar-refractivity contribution in [3.05, 3.63) is 29.8 Å². The number of nitrogens with one attached hydrogen (secondary N) is 1. The molecule has 0 aliphatic heterocycles. The van der Waals surface area contributed by atoms with Gasteiger partial charge in [-0.3, -0.25) is 4.79 Å². The van der Waals surface area contributed by atoms with Crippen LogP contribution in [0.15, 0.2) is 24.3 Å². The molecule has 1 rings (SSSR count). The zero-order valence-electron chi connectivity index (χ0n) is 15.0. The molecule has 0 fully saturated rings. The van der Waals surface area contributed by atoms with E-state index in [2.05, 4.69) is 14.8 Å². The molecule has 0 unspecified atom stereocenters. The quantitative estimate of drug-likeness (QED) is 0.685. The van der Waals surface area contributed by atoms with Crippen molar-refractivity contribution < 1.29 is 41.8 Å². The summed E-state index contributed by atoms with van der Waals surface area (Å²) < 4.78 is 49.4. The summed E-state index contributed by atoms with van der Waals surface area (Å²) >= 11 is 0. The Hall–Kier alpha value is -2.78. The molecule has 0 spiro atoms. The first-order valence-corrected chi connectivity index (χ1v) is 7.97. The lowest BCUT2D eigenvalue weighted by molar-refractivity contribution is -0.274. The average molecular weight is 391 g/mol. The second-order valence-electron chi connectivity index (χ2n) is 5.60. The van der Waals surface area contributed by atoms with Gasteiger partial charge in [-0.15, -0.1) is 13.2 Å². The normalized spacial score (nSPS) is 13.3. The molecule has 27 heavy (non-hydrogen) atoms. The van der Waals surface area contributed by atoms with E-state index in [4.69, 9.17) is 4.74 Å². The van der Waals surface area contributed by atoms with Gasteiger partial charge in [0.1, 0.15) is 11.8 Å². The first kappa shape index (κ1) is 22.3. The number of amides is 1. The lowest BCUT2D eigenvalue weighted by Gasteiger charge is -2.21. The molecular formula is C17H20F3NO6. The molecule has 10 heteroatoms. The molecule has 150 valence electrons. The SMILES string of the molecule is CC[C@H](C)[C@@H](NC(=O)COC(=O)c1ccc(OC(F)(F)F)cc1)C(=O)OC. The summed E-state index contributed by atoms with van der Waals surface area (Å²) in [5.74, 6) is -2.94.